The number of aromatic nitrogens is 2. The predicted octanol–water partition coefficient (Wildman–Crippen LogP) is 1.91. The zero-order valence-electron chi connectivity index (χ0n) is 9.46. The molecule has 4 heteroatoms. The summed E-state index contributed by atoms with van der Waals surface area (Å²) in [5.74, 6) is 0.721. The van der Waals surface area contributed by atoms with Crippen LogP contribution in [0.3, 0.4) is 0 Å². The Balaban J connectivity index is 2.13. The number of methoxy groups -OCH3 is 1. The number of Topliss-reactive ketones (excluding diaryl/α,β-unsaturated/α-hetero) is 1. The minimum absolute atomic E-state index is 0.0272. The third kappa shape index (κ3) is 2.87. The van der Waals surface area contributed by atoms with Gasteiger partial charge in [0, 0.05) is 12.6 Å². The van der Waals surface area contributed by atoms with Gasteiger partial charge in [0.05, 0.1) is 7.11 Å². The van der Waals surface area contributed by atoms with Crippen LogP contribution in [0.15, 0.2) is 42.9 Å². The molecule has 1 aromatic heterocycles. The highest BCUT2D eigenvalue weighted by atomic mass is 16.5. The molecule has 0 N–H and O–H groups in total. The van der Waals surface area contributed by atoms with Gasteiger partial charge in [-0.05, 0) is 23.8 Å². The molecular formula is C13H12N2O2. The lowest BCUT2D eigenvalue weighted by Gasteiger charge is -2.03. The van der Waals surface area contributed by atoms with Crippen molar-refractivity contribution in [1.29, 1.82) is 0 Å². The molecule has 86 valence electrons. The van der Waals surface area contributed by atoms with E-state index in [2.05, 4.69) is 9.97 Å². The van der Waals surface area contributed by atoms with Crippen molar-refractivity contribution in [3.63, 3.8) is 0 Å². The third-order valence-electron chi connectivity index (χ3n) is 2.37. The van der Waals surface area contributed by atoms with Crippen molar-refractivity contribution >= 4 is 5.78 Å². The molecule has 0 saturated carbocycles. The van der Waals surface area contributed by atoms with E-state index in [1.807, 2.05) is 24.3 Å². The number of carbonyl (C=O) groups is 1. The second-order valence-corrected chi connectivity index (χ2v) is 3.55. The topological polar surface area (TPSA) is 52.1 Å². The number of ketones is 1. The summed E-state index contributed by atoms with van der Waals surface area (Å²) in [4.78, 5) is 19.6. The molecule has 2 rings (SSSR count). The summed E-state index contributed by atoms with van der Waals surface area (Å²) in [6, 6.07) is 9.06. The number of carbonyl (C=O) groups excluding carboxylic acids is 1. The van der Waals surface area contributed by atoms with Gasteiger partial charge in [0.1, 0.15) is 17.8 Å². The van der Waals surface area contributed by atoms with Gasteiger partial charge in [-0.15, -0.1) is 0 Å². The molecule has 0 bridgehead atoms. The van der Waals surface area contributed by atoms with Crippen molar-refractivity contribution < 1.29 is 9.53 Å². The fraction of sp³-hybridized carbons (Fsp3) is 0.154. The monoisotopic (exact) mass is 228 g/mol. The first-order valence-electron chi connectivity index (χ1n) is 5.22. The van der Waals surface area contributed by atoms with Crippen molar-refractivity contribution in [2.24, 2.45) is 0 Å². The van der Waals surface area contributed by atoms with Gasteiger partial charge in [0.15, 0.2) is 5.78 Å². The van der Waals surface area contributed by atoms with Gasteiger partial charge in [0.2, 0.25) is 0 Å². The smallest absolute Gasteiger partial charge is 0.185 e. The average molecular weight is 228 g/mol. The molecule has 17 heavy (non-hydrogen) atoms. The van der Waals surface area contributed by atoms with Gasteiger partial charge in [-0.1, -0.05) is 12.1 Å². The maximum Gasteiger partial charge on any atom is 0.185 e. The van der Waals surface area contributed by atoms with Crippen molar-refractivity contribution in [3.05, 3.63) is 54.1 Å². The normalized spacial score (nSPS) is 9.94. The SMILES string of the molecule is COc1cccc(CC(=O)c2ccncn2)c1. The molecule has 0 aliphatic carbocycles. The molecule has 0 saturated heterocycles. The maximum atomic E-state index is 11.9. The van der Waals surface area contributed by atoms with Crippen LogP contribution in [0.4, 0.5) is 0 Å². The fourth-order valence-electron chi connectivity index (χ4n) is 1.51. The van der Waals surface area contributed by atoms with E-state index in [1.54, 1.807) is 19.4 Å². The lowest BCUT2D eigenvalue weighted by Crippen LogP contribution is -2.06. The highest BCUT2D eigenvalue weighted by molar-refractivity contribution is 5.95. The number of ether oxygens (including phenoxy) is 1. The number of hydrogen-bond donors (Lipinski definition) is 0. The van der Waals surface area contributed by atoms with Gasteiger partial charge >= 0.3 is 0 Å². The van der Waals surface area contributed by atoms with E-state index in [-0.39, 0.29) is 5.78 Å². The van der Waals surface area contributed by atoms with E-state index in [0.29, 0.717) is 12.1 Å². The Labute approximate surface area is 99.3 Å². The second-order valence-electron chi connectivity index (χ2n) is 3.55. The van der Waals surface area contributed by atoms with Gasteiger partial charge in [-0.2, -0.15) is 0 Å². The van der Waals surface area contributed by atoms with Crippen molar-refractivity contribution in [2.75, 3.05) is 7.11 Å². The molecule has 0 amide bonds. The molecule has 2 aromatic rings. The zero-order valence-corrected chi connectivity index (χ0v) is 9.46. The highest BCUT2D eigenvalue weighted by Crippen LogP contribution is 2.14. The quantitative estimate of drug-likeness (QED) is 0.750. The number of rotatable bonds is 4. The summed E-state index contributed by atoms with van der Waals surface area (Å²) in [6.45, 7) is 0. The predicted molar refractivity (Wildman–Crippen MR) is 63.1 cm³/mol. The maximum absolute atomic E-state index is 11.9. The van der Waals surface area contributed by atoms with Crippen LogP contribution in [-0.2, 0) is 6.42 Å². The van der Waals surface area contributed by atoms with Crippen LogP contribution in [0.5, 0.6) is 5.75 Å². The summed E-state index contributed by atoms with van der Waals surface area (Å²) in [5, 5.41) is 0. The Morgan fingerprint density at radius 3 is 2.94 bits per heavy atom. The summed E-state index contributed by atoms with van der Waals surface area (Å²) >= 11 is 0. The standard InChI is InChI=1S/C13H12N2O2/c1-17-11-4-2-3-10(7-11)8-13(16)12-5-6-14-9-15-12/h2-7,9H,8H2,1H3. The molecule has 1 aromatic carbocycles. The van der Waals surface area contributed by atoms with E-state index >= 15 is 0 Å². The first-order chi connectivity index (χ1) is 8.29. The lowest BCUT2D eigenvalue weighted by molar-refractivity contribution is 0.0988. The summed E-state index contributed by atoms with van der Waals surface area (Å²) in [6.07, 6.45) is 3.25. The number of benzene rings is 1. The Bertz CT molecular complexity index is 512. The van der Waals surface area contributed by atoms with Crippen molar-refractivity contribution in [2.45, 2.75) is 6.42 Å². The van der Waals surface area contributed by atoms with E-state index in [1.165, 1.54) is 6.33 Å². The van der Waals surface area contributed by atoms with Crippen LogP contribution in [-0.4, -0.2) is 22.9 Å². The molecule has 0 spiro atoms. The number of hydrogen-bond acceptors (Lipinski definition) is 4. The Kier molecular flexibility index (Phi) is 3.45. The zero-order chi connectivity index (χ0) is 12.1. The molecule has 0 unspecified atom stereocenters. The van der Waals surface area contributed by atoms with Gasteiger partial charge in [-0.25, -0.2) is 9.97 Å². The molecule has 0 radical (unpaired) electrons. The molecule has 0 aliphatic heterocycles. The first kappa shape index (κ1) is 11.3. The Morgan fingerprint density at radius 2 is 2.24 bits per heavy atom. The summed E-state index contributed by atoms with van der Waals surface area (Å²) < 4.78 is 5.11. The molecule has 1 heterocycles. The Morgan fingerprint density at radius 1 is 1.35 bits per heavy atom. The lowest BCUT2D eigenvalue weighted by atomic mass is 10.1. The van der Waals surface area contributed by atoms with Crippen LogP contribution >= 0.6 is 0 Å². The van der Waals surface area contributed by atoms with E-state index in [9.17, 15) is 4.79 Å². The van der Waals surface area contributed by atoms with Crippen molar-refractivity contribution in [3.8, 4) is 5.75 Å². The second kappa shape index (κ2) is 5.21. The number of nitrogens with zero attached hydrogens (tertiary/aromatic N) is 2. The molecule has 4 nitrogen and oxygen atoms in total. The van der Waals surface area contributed by atoms with Crippen LogP contribution < -0.4 is 4.74 Å². The van der Waals surface area contributed by atoms with E-state index in [4.69, 9.17) is 4.74 Å². The third-order valence-corrected chi connectivity index (χ3v) is 2.37. The first-order valence-corrected chi connectivity index (χ1v) is 5.22. The van der Waals surface area contributed by atoms with Crippen LogP contribution in [0.1, 0.15) is 16.1 Å². The summed E-state index contributed by atoms with van der Waals surface area (Å²) in [7, 11) is 1.60. The van der Waals surface area contributed by atoms with Crippen LogP contribution in [0, 0.1) is 0 Å². The minimum atomic E-state index is -0.0272. The van der Waals surface area contributed by atoms with Crippen LogP contribution in [0.25, 0.3) is 0 Å². The van der Waals surface area contributed by atoms with Crippen LogP contribution in [0.2, 0.25) is 0 Å². The molecule has 0 fully saturated rings. The summed E-state index contributed by atoms with van der Waals surface area (Å²) in [5.41, 5.74) is 1.34. The Hall–Kier alpha value is -2.23. The van der Waals surface area contributed by atoms with E-state index in [0.717, 1.165) is 11.3 Å². The largest absolute Gasteiger partial charge is 0.497 e. The van der Waals surface area contributed by atoms with Crippen molar-refractivity contribution in [1.82, 2.24) is 9.97 Å². The molecule has 0 atom stereocenters. The van der Waals surface area contributed by atoms with Gasteiger partial charge in [-0.3, -0.25) is 4.79 Å². The van der Waals surface area contributed by atoms with Gasteiger partial charge in [0.25, 0.3) is 0 Å². The minimum Gasteiger partial charge on any atom is -0.497 e. The highest BCUT2D eigenvalue weighted by Gasteiger charge is 2.08. The molecule has 0 aliphatic rings. The average Bonchev–Trinajstić information content (AvgIpc) is 2.40. The van der Waals surface area contributed by atoms with Gasteiger partial charge < -0.3 is 4.74 Å². The molecular weight excluding hydrogens is 216 g/mol. The fourth-order valence-corrected chi connectivity index (χ4v) is 1.51. The van der Waals surface area contributed by atoms with E-state index < -0.39 is 0 Å².